The highest BCUT2D eigenvalue weighted by molar-refractivity contribution is 6.43. The van der Waals surface area contributed by atoms with Crippen LogP contribution >= 0.6 is 0 Å². The number of halogens is 2. The lowest BCUT2D eigenvalue weighted by Crippen LogP contribution is -2.54. The van der Waals surface area contributed by atoms with E-state index < -0.39 is 13.0 Å². The minimum Gasteiger partial charge on any atom is -0.427 e. The minimum absolute atomic E-state index is 0.0524. The first kappa shape index (κ1) is 8.44. The first-order valence-corrected chi connectivity index (χ1v) is 4.17. The average Bonchev–Trinajstić information content (AvgIpc) is 1.75. The highest BCUT2D eigenvalue weighted by atomic mass is 19.3. The second-order valence-corrected chi connectivity index (χ2v) is 4.29. The van der Waals surface area contributed by atoms with Gasteiger partial charge in [-0.15, -0.1) is 0 Å². The molecule has 2 rings (SSSR count). The van der Waals surface area contributed by atoms with Crippen LogP contribution in [0.4, 0.5) is 8.78 Å². The molecule has 0 amide bonds. The Bertz CT molecular complexity index is 192. The standard InChI is InChI=1S/C7H11BF2O2/c9-7(10)3-6(4-7)1-5(2-6)8(11)12/h5,11-12H,1-4H2. The fourth-order valence-electron chi connectivity index (χ4n) is 2.60. The molecule has 2 N–H and O–H groups in total. The summed E-state index contributed by atoms with van der Waals surface area (Å²) < 4.78 is 24.9. The maximum atomic E-state index is 12.5. The normalized spacial score (nSPS) is 31.0. The molecule has 1 spiro atoms. The van der Waals surface area contributed by atoms with Crippen LogP contribution in [0.3, 0.4) is 0 Å². The molecule has 2 saturated carbocycles. The van der Waals surface area contributed by atoms with Gasteiger partial charge in [-0.05, 0) is 24.1 Å². The van der Waals surface area contributed by atoms with Gasteiger partial charge in [0.05, 0.1) is 0 Å². The molecule has 0 atom stereocenters. The van der Waals surface area contributed by atoms with Crippen LogP contribution in [0.2, 0.25) is 5.82 Å². The summed E-state index contributed by atoms with van der Waals surface area (Å²) in [6.45, 7) is 0. The van der Waals surface area contributed by atoms with E-state index in [-0.39, 0.29) is 24.1 Å². The molecule has 0 unspecified atom stereocenters. The van der Waals surface area contributed by atoms with Crippen LogP contribution in [-0.4, -0.2) is 23.1 Å². The predicted octanol–water partition coefficient (Wildman–Crippen LogP) is 1.04. The zero-order chi connectivity index (χ0) is 8.98. The molecule has 2 fully saturated rings. The molecular weight excluding hydrogens is 165 g/mol. The molecule has 2 aliphatic carbocycles. The van der Waals surface area contributed by atoms with Crippen LogP contribution in [0, 0.1) is 5.41 Å². The minimum atomic E-state index is -2.48. The molecule has 0 aromatic heterocycles. The number of rotatable bonds is 1. The van der Waals surface area contributed by atoms with E-state index >= 15 is 0 Å². The van der Waals surface area contributed by atoms with Crippen LogP contribution in [-0.2, 0) is 0 Å². The van der Waals surface area contributed by atoms with Crippen LogP contribution < -0.4 is 0 Å². The molecule has 2 nitrogen and oxygen atoms in total. The van der Waals surface area contributed by atoms with E-state index in [0.717, 1.165) is 0 Å². The van der Waals surface area contributed by atoms with E-state index in [9.17, 15) is 8.78 Å². The molecular formula is C7H11BF2O2. The summed E-state index contributed by atoms with van der Waals surface area (Å²) in [5, 5.41) is 17.4. The van der Waals surface area contributed by atoms with Crippen molar-refractivity contribution >= 4 is 7.12 Å². The zero-order valence-electron chi connectivity index (χ0n) is 6.63. The Morgan fingerprint density at radius 2 is 1.67 bits per heavy atom. The fourth-order valence-corrected chi connectivity index (χ4v) is 2.60. The summed E-state index contributed by atoms with van der Waals surface area (Å²) in [5.74, 6) is -2.65. The van der Waals surface area contributed by atoms with E-state index in [4.69, 9.17) is 10.0 Å². The summed E-state index contributed by atoms with van der Waals surface area (Å²) >= 11 is 0. The van der Waals surface area contributed by atoms with E-state index in [0.29, 0.717) is 12.8 Å². The second-order valence-electron chi connectivity index (χ2n) is 4.29. The van der Waals surface area contributed by atoms with Gasteiger partial charge in [0, 0.05) is 12.8 Å². The third-order valence-electron chi connectivity index (χ3n) is 3.08. The first-order chi connectivity index (χ1) is 5.43. The molecule has 12 heavy (non-hydrogen) atoms. The largest absolute Gasteiger partial charge is 0.454 e. The molecule has 0 bridgehead atoms. The molecule has 5 heteroatoms. The molecule has 0 radical (unpaired) electrons. The van der Waals surface area contributed by atoms with Crippen LogP contribution in [0.5, 0.6) is 0 Å². The number of alkyl halides is 2. The molecule has 0 heterocycles. The topological polar surface area (TPSA) is 40.5 Å². The Morgan fingerprint density at radius 3 is 2.00 bits per heavy atom. The lowest BCUT2D eigenvalue weighted by molar-refractivity contribution is -0.191. The Morgan fingerprint density at radius 1 is 1.17 bits per heavy atom. The molecule has 0 aliphatic heterocycles. The summed E-state index contributed by atoms with van der Waals surface area (Å²) in [6.07, 6.45) is 1.01. The smallest absolute Gasteiger partial charge is 0.427 e. The van der Waals surface area contributed by atoms with Crippen molar-refractivity contribution in [2.24, 2.45) is 5.41 Å². The predicted molar refractivity (Wildman–Crippen MR) is 39.8 cm³/mol. The maximum absolute atomic E-state index is 12.5. The fraction of sp³-hybridized carbons (Fsp3) is 1.00. The number of hydrogen-bond acceptors (Lipinski definition) is 2. The van der Waals surface area contributed by atoms with Gasteiger partial charge in [-0.25, -0.2) is 8.78 Å². The molecule has 2 aliphatic rings. The van der Waals surface area contributed by atoms with Crippen molar-refractivity contribution in [3.8, 4) is 0 Å². The average molecular weight is 176 g/mol. The van der Waals surface area contributed by atoms with Crippen molar-refractivity contribution in [1.82, 2.24) is 0 Å². The van der Waals surface area contributed by atoms with Crippen molar-refractivity contribution in [1.29, 1.82) is 0 Å². The van der Waals surface area contributed by atoms with Crippen molar-refractivity contribution in [3.63, 3.8) is 0 Å². The van der Waals surface area contributed by atoms with Gasteiger partial charge >= 0.3 is 7.12 Å². The van der Waals surface area contributed by atoms with Gasteiger partial charge in [-0.1, -0.05) is 0 Å². The van der Waals surface area contributed by atoms with Gasteiger partial charge in [-0.3, -0.25) is 0 Å². The monoisotopic (exact) mass is 176 g/mol. The Balaban J connectivity index is 1.83. The van der Waals surface area contributed by atoms with E-state index in [1.807, 2.05) is 0 Å². The van der Waals surface area contributed by atoms with E-state index in [1.165, 1.54) is 0 Å². The highest BCUT2D eigenvalue weighted by Gasteiger charge is 2.63. The molecule has 0 aromatic carbocycles. The summed E-state index contributed by atoms with van der Waals surface area (Å²) in [5.41, 5.74) is -0.238. The van der Waals surface area contributed by atoms with Crippen LogP contribution in [0.15, 0.2) is 0 Å². The lowest BCUT2D eigenvalue weighted by atomic mass is 9.43. The van der Waals surface area contributed by atoms with E-state index in [1.54, 1.807) is 0 Å². The zero-order valence-corrected chi connectivity index (χ0v) is 6.63. The van der Waals surface area contributed by atoms with Crippen molar-refractivity contribution in [2.75, 3.05) is 0 Å². The third-order valence-corrected chi connectivity index (χ3v) is 3.08. The molecule has 0 saturated heterocycles. The van der Waals surface area contributed by atoms with Gasteiger partial charge in [0.25, 0.3) is 0 Å². The Hall–Kier alpha value is -0.155. The highest BCUT2D eigenvalue weighted by Crippen LogP contribution is 2.66. The van der Waals surface area contributed by atoms with Crippen molar-refractivity contribution < 1.29 is 18.8 Å². The SMILES string of the molecule is OB(O)C1CC2(C1)CC(F)(F)C2. The van der Waals surface area contributed by atoms with Crippen molar-refractivity contribution in [2.45, 2.75) is 37.4 Å². The van der Waals surface area contributed by atoms with Crippen LogP contribution in [0.1, 0.15) is 25.7 Å². The summed E-state index contributed by atoms with van der Waals surface area (Å²) in [7, 11) is -1.31. The van der Waals surface area contributed by atoms with Gasteiger partial charge in [0.1, 0.15) is 0 Å². The Labute approximate surface area is 69.7 Å². The summed E-state index contributed by atoms with van der Waals surface area (Å²) in [6, 6.07) is 0. The first-order valence-electron chi connectivity index (χ1n) is 4.17. The van der Waals surface area contributed by atoms with Gasteiger partial charge in [-0.2, -0.15) is 0 Å². The number of hydrogen-bond donors (Lipinski definition) is 2. The lowest BCUT2D eigenvalue weighted by Gasteiger charge is -2.57. The molecule has 0 aromatic rings. The Kier molecular flexibility index (Phi) is 1.55. The maximum Gasteiger partial charge on any atom is 0.454 e. The van der Waals surface area contributed by atoms with Gasteiger partial charge in [0.2, 0.25) is 5.92 Å². The van der Waals surface area contributed by atoms with Crippen LogP contribution in [0.25, 0.3) is 0 Å². The van der Waals surface area contributed by atoms with Gasteiger partial charge < -0.3 is 10.0 Å². The second kappa shape index (κ2) is 2.20. The van der Waals surface area contributed by atoms with E-state index in [2.05, 4.69) is 0 Å². The third kappa shape index (κ3) is 1.15. The molecule has 68 valence electrons. The summed E-state index contributed by atoms with van der Waals surface area (Å²) in [4.78, 5) is 0. The quantitative estimate of drug-likeness (QED) is 0.586. The van der Waals surface area contributed by atoms with Gasteiger partial charge in [0.15, 0.2) is 0 Å². The van der Waals surface area contributed by atoms with Crippen molar-refractivity contribution in [3.05, 3.63) is 0 Å².